The Morgan fingerprint density at radius 2 is 1.93 bits per heavy atom. The zero-order chi connectivity index (χ0) is 21.2. The molecule has 0 saturated carbocycles. The van der Waals surface area contributed by atoms with Crippen molar-refractivity contribution in [1.82, 2.24) is 10.3 Å². The number of fused-ring (bicyclic) bond motifs is 1. The second kappa shape index (κ2) is 8.13. The highest BCUT2D eigenvalue weighted by Gasteiger charge is 2.24. The van der Waals surface area contributed by atoms with E-state index < -0.39 is 22.7 Å². The highest BCUT2D eigenvalue weighted by atomic mass is 35.5. The zero-order valence-corrected chi connectivity index (χ0v) is 17.1. The third-order valence-corrected chi connectivity index (χ3v) is 4.46. The van der Waals surface area contributed by atoms with Gasteiger partial charge in [0.1, 0.15) is 11.1 Å². The van der Waals surface area contributed by atoms with Crippen molar-refractivity contribution in [2.24, 2.45) is 0 Å². The molecule has 152 valence electrons. The Morgan fingerprint density at radius 3 is 2.55 bits per heavy atom. The summed E-state index contributed by atoms with van der Waals surface area (Å²) in [7, 11) is 0. The number of nitro benzene ring substituents is 1. The molecule has 3 aromatic rings. The van der Waals surface area contributed by atoms with Crippen molar-refractivity contribution in [3.63, 3.8) is 0 Å². The van der Waals surface area contributed by atoms with E-state index in [1.807, 2.05) is 30.3 Å². The Morgan fingerprint density at radius 1 is 1.24 bits per heavy atom. The first kappa shape index (κ1) is 20.7. The molecule has 8 heteroatoms. The van der Waals surface area contributed by atoms with Gasteiger partial charge >= 0.3 is 6.09 Å². The first-order valence-electron chi connectivity index (χ1n) is 9.12. The van der Waals surface area contributed by atoms with Crippen LogP contribution in [0, 0.1) is 10.1 Å². The molecule has 0 aliphatic rings. The van der Waals surface area contributed by atoms with E-state index in [1.165, 1.54) is 6.07 Å². The number of hydrogen-bond acceptors (Lipinski definition) is 4. The maximum Gasteiger partial charge on any atom is 0.408 e. The minimum atomic E-state index is -0.645. The summed E-state index contributed by atoms with van der Waals surface area (Å²) in [5.41, 5.74) is 1.22. The van der Waals surface area contributed by atoms with E-state index in [9.17, 15) is 14.9 Å². The largest absolute Gasteiger partial charge is 0.444 e. The maximum atomic E-state index is 12.4. The summed E-state index contributed by atoms with van der Waals surface area (Å²) in [4.78, 5) is 26.4. The molecule has 0 unspecified atom stereocenters. The second-order valence-electron chi connectivity index (χ2n) is 7.76. The lowest BCUT2D eigenvalue weighted by Gasteiger charge is -2.23. The molecule has 0 aliphatic heterocycles. The first-order chi connectivity index (χ1) is 13.6. The van der Waals surface area contributed by atoms with Gasteiger partial charge in [0.15, 0.2) is 0 Å². The molecule has 0 saturated heterocycles. The van der Waals surface area contributed by atoms with Crippen molar-refractivity contribution in [3.05, 3.63) is 74.9 Å². The van der Waals surface area contributed by atoms with Gasteiger partial charge < -0.3 is 15.0 Å². The van der Waals surface area contributed by atoms with E-state index in [0.717, 1.165) is 5.56 Å². The highest BCUT2D eigenvalue weighted by molar-refractivity contribution is 6.31. The molecular weight excluding hydrogens is 394 g/mol. The number of hydrogen-bond donors (Lipinski definition) is 2. The number of nitro groups is 1. The van der Waals surface area contributed by atoms with Crippen LogP contribution in [0.5, 0.6) is 0 Å². The molecule has 2 N–H and O–H groups in total. The number of nitrogens with one attached hydrogen (secondary N) is 2. The van der Waals surface area contributed by atoms with Crippen molar-refractivity contribution in [3.8, 4) is 0 Å². The fraction of sp³-hybridized carbons (Fsp3) is 0.286. The topological polar surface area (TPSA) is 97.3 Å². The average Bonchev–Trinajstić information content (AvgIpc) is 3.03. The molecule has 2 aromatic carbocycles. The van der Waals surface area contributed by atoms with Crippen LogP contribution in [0.1, 0.15) is 38.1 Å². The molecule has 1 amide bonds. The van der Waals surface area contributed by atoms with Crippen LogP contribution in [-0.4, -0.2) is 21.6 Å². The van der Waals surface area contributed by atoms with Crippen LogP contribution in [-0.2, 0) is 11.2 Å². The number of halogens is 1. The number of aromatic amines is 1. The number of H-pyrrole nitrogens is 1. The summed E-state index contributed by atoms with van der Waals surface area (Å²) < 4.78 is 5.39. The molecule has 1 aromatic heterocycles. The Balaban J connectivity index is 1.99. The van der Waals surface area contributed by atoms with Gasteiger partial charge in [-0.15, -0.1) is 0 Å². The first-order valence-corrected chi connectivity index (χ1v) is 9.50. The molecule has 0 bridgehead atoms. The smallest absolute Gasteiger partial charge is 0.408 e. The number of alkyl carbamates (subject to hydrolysis) is 1. The predicted octanol–water partition coefficient (Wildman–Crippen LogP) is 5.54. The molecule has 0 spiro atoms. The number of non-ortho nitro benzene ring substituents is 1. The SMILES string of the molecule is CC(C)(C)OC(=O)N[C@H](Cc1ccccc1)c1cc2cc(Cl)cc([N+](=O)[O-])c2[nH]1. The predicted molar refractivity (Wildman–Crippen MR) is 112 cm³/mol. The van der Waals surface area contributed by atoms with Crippen molar-refractivity contribution in [1.29, 1.82) is 0 Å². The number of nitrogens with zero attached hydrogens (tertiary/aromatic N) is 1. The maximum absolute atomic E-state index is 12.4. The summed E-state index contributed by atoms with van der Waals surface area (Å²) in [6.45, 7) is 5.35. The molecular formula is C21H22ClN3O4. The molecule has 1 heterocycles. The summed E-state index contributed by atoms with van der Waals surface area (Å²) in [5.74, 6) is 0. The van der Waals surface area contributed by atoms with Gasteiger partial charge in [0.05, 0.1) is 11.0 Å². The lowest BCUT2D eigenvalue weighted by atomic mass is 10.0. The van der Waals surface area contributed by atoms with Crippen molar-refractivity contribution >= 4 is 34.3 Å². The van der Waals surface area contributed by atoms with Gasteiger partial charge in [-0.3, -0.25) is 10.1 Å². The van der Waals surface area contributed by atoms with Gasteiger partial charge in [0.25, 0.3) is 5.69 Å². The van der Waals surface area contributed by atoms with E-state index in [0.29, 0.717) is 23.0 Å². The summed E-state index contributed by atoms with van der Waals surface area (Å²) >= 11 is 6.04. The average molecular weight is 416 g/mol. The van der Waals surface area contributed by atoms with Gasteiger partial charge in [-0.1, -0.05) is 41.9 Å². The summed E-state index contributed by atoms with van der Waals surface area (Å²) in [6.07, 6.45) is -0.0846. The van der Waals surface area contributed by atoms with Crippen LogP contribution in [0.4, 0.5) is 10.5 Å². The number of ether oxygens (including phenoxy) is 1. The van der Waals surface area contributed by atoms with Crippen molar-refractivity contribution in [2.45, 2.75) is 38.8 Å². The zero-order valence-electron chi connectivity index (χ0n) is 16.4. The summed E-state index contributed by atoms with van der Waals surface area (Å²) in [5, 5.41) is 15.1. The molecule has 7 nitrogen and oxygen atoms in total. The Kier molecular flexibility index (Phi) is 5.79. The van der Waals surface area contributed by atoms with Crippen molar-refractivity contribution < 1.29 is 14.5 Å². The molecule has 1 atom stereocenters. The minimum absolute atomic E-state index is 0.116. The van der Waals surface area contributed by atoms with E-state index in [2.05, 4.69) is 10.3 Å². The van der Waals surface area contributed by atoms with E-state index in [-0.39, 0.29) is 10.7 Å². The standard InChI is InChI=1S/C21H22ClN3O4/c1-21(2,3)29-20(26)24-16(9-13-7-5-4-6-8-13)17-11-14-10-15(22)12-18(25(27)28)19(14)23-17/h4-8,10-12,16,23H,9H2,1-3H3,(H,24,26)/t16-/m1/s1. The Bertz CT molecular complexity index is 1040. The monoisotopic (exact) mass is 415 g/mol. The van der Waals surface area contributed by atoms with Crippen LogP contribution in [0.15, 0.2) is 48.5 Å². The molecule has 29 heavy (non-hydrogen) atoms. The quantitative estimate of drug-likeness (QED) is 0.422. The van der Waals surface area contributed by atoms with Crippen LogP contribution in [0.3, 0.4) is 0 Å². The van der Waals surface area contributed by atoms with E-state index in [1.54, 1.807) is 32.9 Å². The summed E-state index contributed by atoms with van der Waals surface area (Å²) in [6, 6.07) is 13.9. The third kappa shape index (κ3) is 5.26. The second-order valence-corrected chi connectivity index (χ2v) is 8.20. The number of carbonyl (C=O) groups excluding carboxylic acids is 1. The molecule has 0 radical (unpaired) electrons. The molecule has 0 fully saturated rings. The number of amides is 1. The van der Waals surface area contributed by atoms with Gasteiger partial charge in [-0.05, 0) is 44.9 Å². The minimum Gasteiger partial charge on any atom is -0.444 e. The number of carbonyl (C=O) groups is 1. The van der Waals surface area contributed by atoms with Gasteiger partial charge in [0.2, 0.25) is 0 Å². The molecule has 0 aliphatic carbocycles. The lowest BCUT2D eigenvalue weighted by Crippen LogP contribution is -2.35. The number of rotatable bonds is 5. The Hall–Kier alpha value is -3.06. The fourth-order valence-corrected chi connectivity index (χ4v) is 3.30. The van der Waals surface area contributed by atoms with Gasteiger partial charge in [-0.2, -0.15) is 0 Å². The molecule has 3 rings (SSSR count). The number of aromatic nitrogens is 1. The van der Waals surface area contributed by atoms with Crippen LogP contribution in [0.25, 0.3) is 10.9 Å². The fourth-order valence-electron chi connectivity index (χ4n) is 3.08. The number of benzene rings is 2. The van der Waals surface area contributed by atoms with E-state index in [4.69, 9.17) is 16.3 Å². The van der Waals surface area contributed by atoms with Crippen molar-refractivity contribution in [2.75, 3.05) is 0 Å². The Labute approximate surface area is 173 Å². The highest BCUT2D eigenvalue weighted by Crippen LogP contribution is 2.32. The van der Waals surface area contributed by atoms with Crippen LogP contribution in [0.2, 0.25) is 5.02 Å². The normalized spacial score (nSPS) is 12.6. The van der Waals surface area contributed by atoms with Crippen LogP contribution >= 0.6 is 11.6 Å². The van der Waals surface area contributed by atoms with E-state index >= 15 is 0 Å². The van der Waals surface area contributed by atoms with Gasteiger partial charge in [0, 0.05) is 22.2 Å². The lowest BCUT2D eigenvalue weighted by molar-refractivity contribution is -0.383. The van der Waals surface area contributed by atoms with Crippen LogP contribution < -0.4 is 5.32 Å². The van der Waals surface area contributed by atoms with Gasteiger partial charge in [-0.25, -0.2) is 4.79 Å². The third-order valence-electron chi connectivity index (χ3n) is 4.24.